The number of carbonyl (C=O) groups excluding carboxylic acids is 1. The van der Waals surface area contributed by atoms with Crippen LogP contribution in [-0.2, 0) is 4.79 Å². The summed E-state index contributed by atoms with van der Waals surface area (Å²) in [5.74, 6) is 0.851. The molecule has 0 spiro atoms. The van der Waals surface area contributed by atoms with Gasteiger partial charge in [0.05, 0.1) is 4.47 Å². The van der Waals surface area contributed by atoms with E-state index < -0.39 is 0 Å². The number of benzene rings is 3. The van der Waals surface area contributed by atoms with E-state index in [9.17, 15) is 4.79 Å². The van der Waals surface area contributed by atoms with Crippen molar-refractivity contribution in [2.24, 2.45) is 0 Å². The summed E-state index contributed by atoms with van der Waals surface area (Å²) in [7, 11) is 0. The molecule has 4 aromatic rings. The summed E-state index contributed by atoms with van der Waals surface area (Å²) in [6.45, 7) is 4.20. The number of carbonyl (C=O) groups is 1. The number of fused-ring (bicyclic) bond motifs is 3. The lowest BCUT2D eigenvalue weighted by Crippen LogP contribution is -2.20. The van der Waals surface area contributed by atoms with Crippen LogP contribution in [0.15, 0.2) is 69.6 Å². The van der Waals surface area contributed by atoms with Gasteiger partial charge in [-0.15, -0.1) is 0 Å². The molecule has 0 atom stereocenters. The summed E-state index contributed by atoms with van der Waals surface area (Å²) < 4.78 is 12.4. The topological polar surface area (TPSA) is 51.5 Å². The third-order valence-electron chi connectivity index (χ3n) is 4.64. The molecule has 0 unspecified atom stereocenters. The zero-order chi connectivity index (χ0) is 19.7. The Kier molecular flexibility index (Phi) is 5.09. The Labute approximate surface area is 171 Å². The molecule has 1 heterocycles. The summed E-state index contributed by atoms with van der Waals surface area (Å²) in [5, 5.41) is 4.95. The SMILES string of the molecule is CC(C)c1ccc(OCC(=O)Nc2ccc3c(c2)oc2ccccc23)c(Br)c1. The zero-order valence-electron chi connectivity index (χ0n) is 15.7. The van der Waals surface area contributed by atoms with Gasteiger partial charge in [-0.05, 0) is 57.7 Å². The minimum absolute atomic E-state index is 0.0716. The zero-order valence-corrected chi connectivity index (χ0v) is 17.2. The van der Waals surface area contributed by atoms with E-state index in [1.165, 1.54) is 5.56 Å². The summed E-state index contributed by atoms with van der Waals surface area (Å²) in [4.78, 5) is 12.3. The number of para-hydroxylation sites is 1. The maximum absolute atomic E-state index is 12.3. The lowest BCUT2D eigenvalue weighted by atomic mass is 10.0. The van der Waals surface area contributed by atoms with Gasteiger partial charge in [0.1, 0.15) is 16.9 Å². The van der Waals surface area contributed by atoms with Crippen LogP contribution in [0.3, 0.4) is 0 Å². The number of furan rings is 1. The molecule has 0 bridgehead atoms. The van der Waals surface area contributed by atoms with Crippen molar-refractivity contribution in [3.8, 4) is 5.75 Å². The predicted octanol–water partition coefficient (Wildman–Crippen LogP) is 6.49. The Bertz CT molecular complexity index is 1160. The van der Waals surface area contributed by atoms with Gasteiger partial charge in [-0.1, -0.05) is 38.1 Å². The summed E-state index contributed by atoms with van der Waals surface area (Å²) in [5.41, 5.74) is 3.46. The highest BCUT2D eigenvalue weighted by atomic mass is 79.9. The van der Waals surface area contributed by atoms with Gasteiger partial charge in [-0.2, -0.15) is 0 Å². The molecule has 0 aliphatic rings. The van der Waals surface area contributed by atoms with Crippen LogP contribution in [-0.4, -0.2) is 12.5 Å². The lowest BCUT2D eigenvalue weighted by molar-refractivity contribution is -0.118. The average Bonchev–Trinajstić information content (AvgIpc) is 3.04. The molecule has 1 amide bonds. The van der Waals surface area contributed by atoms with Gasteiger partial charge in [-0.25, -0.2) is 0 Å². The van der Waals surface area contributed by atoms with Gasteiger partial charge in [0.2, 0.25) is 0 Å². The molecule has 5 heteroatoms. The van der Waals surface area contributed by atoms with E-state index in [1.54, 1.807) is 0 Å². The van der Waals surface area contributed by atoms with E-state index >= 15 is 0 Å². The third kappa shape index (κ3) is 3.76. The van der Waals surface area contributed by atoms with Gasteiger partial charge in [0, 0.05) is 22.5 Å². The Balaban J connectivity index is 1.44. The van der Waals surface area contributed by atoms with E-state index in [4.69, 9.17) is 9.15 Å². The third-order valence-corrected chi connectivity index (χ3v) is 5.26. The molecule has 4 nitrogen and oxygen atoms in total. The van der Waals surface area contributed by atoms with Crippen molar-refractivity contribution in [2.45, 2.75) is 19.8 Å². The molecule has 0 saturated heterocycles. The minimum Gasteiger partial charge on any atom is -0.483 e. The van der Waals surface area contributed by atoms with Crippen LogP contribution >= 0.6 is 15.9 Å². The van der Waals surface area contributed by atoms with Gasteiger partial charge in [0.25, 0.3) is 5.91 Å². The first kappa shape index (κ1) is 18.6. The average molecular weight is 438 g/mol. The van der Waals surface area contributed by atoms with Crippen LogP contribution in [0.5, 0.6) is 5.75 Å². The molecular formula is C23H20BrNO3. The van der Waals surface area contributed by atoms with Crippen LogP contribution in [0.2, 0.25) is 0 Å². The largest absolute Gasteiger partial charge is 0.483 e. The van der Waals surface area contributed by atoms with Crippen LogP contribution < -0.4 is 10.1 Å². The highest BCUT2D eigenvalue weighted by molar-refractivity contribution is 9.10. The number of hydrogen-bond acceptors (Lipinski definition) is 3. The van der Waals surface area contributed by atoms with E-state index in [0.717, 1.165) is 26.4 Å². The van der Waals surface area contributed by atoms with Crippen LogP contribution in [0.4, 0.5) is 5.69 Å². The fraction of sp³-hybridized carbons (Fsp3) is 0.174. The molecule has 142 valence electrons. The maximum atomic E-state index is 12.3. The Morgan fingerprint density at radius 1 is 1.04 bits per heavy atom. The molecule has 1 aromatic heterocycles. The van der Waals surface area contributed by atoms with Crippen LogP contribution in [0.1, 0.15) is 25.3 Å². The second-order valence-corrected chi connectivity index (χ2v) is 7.84. The van der Waals surface area contributed by atoms with Crippen molar-refractivity contribution in [1.29, 1.82) is 0 Å². The molecule has 3 aromatic carbocycles. The second-order valence-electron chi connectivity index (χ2n) is 6.99. The molecule has 0 aliphatic carbocycles. The summed E-state index contributed by atoms with van der Waals surface area (Å²) >= 11 is 3.51. The molecule has 28 heavy (non-hydrogen) atoms. The van der Waals surface area contributed by atoms with Crippen molar-refractivity contribution in [3.05, 3.63) is 70.7 Å². The lowest BCUT2D eigenvalue weighted by Gasteiger charge is -2.11. The van der Waals surface area contributed by atoms with Crippen LogP contribution in [0.25, 0.3) is 21.9 Å². The monoisotopic (exact) mass is 437 g/mol. The van der Waals surface area contributed by atoms with E-state index in [2.05, 4.69) is 35.1 Å². The van der Waals surface area contributed by atoms with Crippen molar-refractivity contribution in [3.63, 3.8) is 0 Å². The second kappa shape index (κ2) is 7.68. The molecule has 0 saturated carbocycles. The minimum atomic E-state index is -0.227. The number of halogens is 1. The molecule has 0 fully saturated rings. The quantitative estimate of drug-likeness (QED) is 0.388. The predicted molar refractivity (Wildman–Crippen MR) is 116 cm³/mol. The molecular weight excluding hydrogens is 418 g/mol. The summed E-state index contributed by atoms with van der Waals surface area (Å²) in [6, 6.07) is 19.5. The molecule has 4 rings (SSSR count). The number of rotatable bonds is 5. The number of nitrogens with one attached hydrogen (secondary N) is 1. The number of hydrogen-bond donors (Lipinski definition) is 1. The standard InChI is InChI=1S/C23H20BrNO3/c1-14(2)15-7-10-21(19(24)11-15)27-13-23(26)25-16-8-9-18-17-5-3-4-6-20(17)28-22(18)12-16/h3-12,14H,13H2,1-2H3,(H,25,26). The first-order valence-corrected chi connectivity index (χ1v) is 9.94. The molecule has 1 N–H and O–H groups in total. The Hall–Kier alpha value is -2.79. The normalized spacial score (nSPS) is 11.3. The molecule has 0 radical (unpaired) electrons. The highest BCUT2D eigenvalue weighted by Crippen LogP contribution is 2.31. The maximum Gasteiger partial charge on any atom is 0.262 e. The number of anilines is 1. The van der Waals surface area contributed by atoms with Crippen LogP contribution in [0, 0.1) is 0 Å². The van der Waals surface area contributed by atoms with Crippen molar-refractivity contribution < 1.29 is 13.9 Å². The fourth-order valence-electron chi connectivity index (χ4n) is 3.14. The Morgan fingerprint density at radius 2 is 1.82 bits per heavy atom. The highest BCUT2D eigenvalue weighted by Gasteiger charge is 2.11. The van der Waals surface area contributed by atoms with Crippen molar-refractivity contribution >= 4 is 49.5 Å². The number of ether oxygens (including phenoxy) is 1. The van der Waals surface area contributed by atoms with Gasteiger partial charge < -0.3 is 14.5 Å². The first-order chi connectivity index (χ1) is 13.5. The number of amides is 1. The summed E-state index contributed by atoms with van der Waals surface area (Å²) in [6.07, 6.45) is 0. The van der Waals surface area contributed by atoms with E-state index in [-0.39, 0.29) is 12.5 Å². The van der Waals surface area contributed by atoms with Gasteiger partial charge >= 0.3 is 0 Å². The smallest absolute Gasteiger partial charge is 0.262 e. The van der Waals surface area contributed by atoms with Gasteiger partial charge in [-0.3, -0.25) is 4.79 Å². The fourth-order valence-corrected chi connectivity index (χ4v) is 3.65. The van der Waals surface area contributed by atoms with E-state index in [1.807, 2.05) is 60.7 Å². The molecule has 0 aliphatic heterocycles. The van der Waals surface area contributed by atoms with Crippen molar-refractivity contribution in [2.75, 3.05) is 11.9 Å². The Morgan fingerprint density at radius 3 is 2.61 bits per heavy atom. The first-order valence-electron chi connectivity index (χ1n) is 9.14. The van der Waals surface area contributed by atoms with E-state index in [0.29, 0.717) is 17.4 Å². The van der Waals surface area contributed by atoms with Gasteiger partial charge in [0.15, 0.2) is 6.61 Å². The van der Waals surface area contributed by atoms with Crippen molar-refractivity contribution in [1.82, 2.24) is 0 Å².